The Bertz CT molecular complexity index is 761. The van der Waals surface area contributed by atoms with E-state index in [1.165, 1.54) is 11.8 Å². The van der Waals surface area contributed by atoms with Gasteiger partial charge in [-0.25, -0.2) is 0 Å². The van der Waals surface area contributed by atoms with Crippen molar-refractivity contribution in [1.82, 2.24) is 15.1 Å². The fourth-order valence-corrected chi connectivity index (χ4v) is 3.68. The summed E-state index contributed by atoms with van der Waals surface area (Å²) >= 11 is 0. The maximum atomic E-state index is 12.3. The van der Waals surface area contributed by atoms with Gasteiger partial charge in [-0.15, -0.1) is 0 Å². The lowest BCUT2D eigenvalue weighted by Gasteiger charge is -2.22. The average Bonchev–Trinajstić information content (AvgIpc) is 3.26. The molecule has 0 radical (unpaired) electrons. The lowest BCUT2D eigenvalue weighted by molar-refractivity contribution is 0.0379. The molecule has 0 aromatic carbocycles. The van der Waals surface area contributed by atoms with Gasteiger partial charge >= 0.3 is 0 Å². The topological polar surface area (TPSA) is 78.5 Å². The Labute approximate surface area is 152 Å². The number of aryl methyl sites for hydroxylation is 1. The number of aromatic nitrogens is 2. The number of nitrogens with one attached hydrogen (secondary N) is 1. The van der Waals surface area contributed by atoms with Crippen LogP contribution in [0.15, 0.2) is 22.9 Å². The number of hydrogen-bond donors (Lipinski definition) is 1. The zero-order valence-corrected chi connectivity index (χ0v) is 15.1. The van der Waals surface area contributed by atoms with Crippen LogP contribution in [-0.4, -0.2) is 42.1 Å². The number of amides is 1. The van der Waals surface area contributed by atoms with E-state index in [9.17, 15) is 4.79 Å². The first kappa shape index (κ1) is 17.3. The molecule has 1 fully saturated rings. The van der Waals surface area contributed by atoms with E-state index in [0.717, 1.165) is 44.7 Å². The highest BCUT2D eigenvalue weighted by Crippen LogP contribution is 2.26. The van der Waals surface area contributed by atoms with Crippen molar-refractivity contribution in [2.45, 2.75) is 38.8 Å². The van der Waals surface area contributed by atoms with Gasteiger partial charge in [-0.05, 0) is 43.7 Å². The van der Waals surface area contributed by atoms with Crippen molar-refractivity contribution in [3.05, 3.63) is 41.1 Å². The van der Waals surface area contributed by atoms with E-state index in [0.29, 0.717) is 30.4 Å². The van der Waals surface area contributed by atoms with Crippen molar-refractivity contribution >= 4 is 5.91 Å². The van der Waals surface area contributed by atoms with Crippen LogP contribution in [-0.2, 0) is 22.4 Å². The van der Waals surface area contributed by atoms with Crippen molar-refractivity contribution in [3.8, 4) is 0 Å². The molecule has 1 saturated heterocycles. The minimum absolute atomic E-state index is 0.145. The molecule has 4 heterocycles. The highest BCUT2D eigenvalue weighted by molar-refractivity contribution is 5.95. The van der Waals surface area contributed by atoms with Crippen molar-refractivity contribution in [1.29, 1.82) is 0 Å². The van der Waals surface area contributed by atoms with Gasteiger partial charge in [-0.2, -0.15) is 5.10 Å². The third-order valence-electron chi connectivity index (χ3n) is 5.20. The van der Waals surface area contributed by atoms with Crippen molar-refractivity contribution < 1.29 is 18.7 Å². The molecule has 2 aromatic rings. The molecule has 1 amide bonds. The first-order valence-electron chi connectivity index (χ1n) is 9.28. The quantitative estimate of drug-likeness (QED) is 0.886. The number of nitrogens with zero attached hydrogens (tertiary/aromatic N) is 2. The summed E-state index contributed by atoms with van der Waals surface area (Å²) in [7, 11) is 0. The molecule has 0 saturated carbocycles. The van der Waals surface area contributed by atoms with Crippen LogP contribution in [0, 0.1) is 12.8 Å². The van der Waals surface area contributed by atoms with Crippen LogP contribution in [0.1, 0.15) is 46.3 Å². The minimum Gasteiger partial charge on any atom is -0.469 e. The first-order valence-corrected chi connectivity index (χ1v) is 9.28. The molecule has 140 valence electrons. The molecule has 7 nitrogen and oxygen atoms in total. The normalized spacial score (nSPS) is 20.7. The molecule has 4 rings (SSSR count). The van der Waals surface area contributed by atoms with Gasteiger partial charge < -0.3 is 19.2 Å². The SMILES string of the molecule is Cc1occc1C(=O)NCC1OCCc2cn(CC3CCOCC3)nc21. The molecule has 1 atom stereocenters. The van der Waals surface area contributed by atoms with Crippen molar-refractivity contribution in [3.63, 3.8) is 0 Å². The van der Waals surface area contributed by atoms with Gasteiger partial charge in [0.1, 0.15) is 11.9 Å². The second kappa shape index (κ2) is 7.63. The summed E-state index contributed by atoms with van der Waals surface area (Å²) in [4.78, 5) is 12.3. The van der Waals surface area contributed by atoms with Crippen molar-refractivity contribution in [2.75, 3.05) is 26.4 Å². The first-order chi connectivity index (χ1) is 12.7. The molecule has 0 bridgehead atoms. The summed E-state index contributed by atoms with van der Waals surface area (Å²) in [6.07, 6.45) is 6.51. The van der Waals surface area contributed by atoms with E-state index in [1.54, 1.807) is 13.0 Å². The van der Waals surface area contributed by atoms with Gasteiger partial charge in [-0.1, -0.05) is 0 Å². The molecule has 1 N–H and O–H groups in total. The third kappa shape index (κ3) is 3.68. The molecule has 2 aromatic heterocycles. The molecule has 2 aliphatic heterocycles. The number of ether oxygens (including phenoxy) is 2. The molecule has 26 heavy (non-hydrogen) atoms. The van der Waals surface area contributed by atoms with Crippen LogP contribution in [0.25, 0.3) is 0 Å². The lowest BCUT2D eigenvalue weighted by atomic mass is 10.0. The zero-order valence-electron chi connectivity index (χ0n) is 15.1. The lowest BCUT2D eigenvalue weighted by Crippen LogP contribution is -2.32. The summed E-state index contributed by atoms with van der Waals surface area (Å²) in [6.45, 7) is 5.45. The van der Waals surface area contributed by atoms with Crippen LogP contribution in [0.2, 0.25) is 0 Å². The molecular formula is C19H25N3O4. The standard InChI is InChI=1S/C19H25N3O4/c1-13-16(5-9-25-13)19(23)20-10-17-18-15(4-8-26-17)12-22(21-18)11-14-2-6-24-7-3-14/h5,9,12,14,17H,2-4,6-8,10-11H2,1H3,(H,20,23). The second-order valence-electron chi connectivity index (χ2n) is 7.03. The Hall–Kier alpha value is -2.12. The maximum absolute atomic E-state index is 12.3. The second-order valence-corrected chi connectivity index (χ2v) is 7.03. The third-order valence-corrected chi connectivity index (χ3v) is 5.20. The fraction of sp³-hybridized carbons (Fsp3) is 0.579. The molecule has 1 unspecified atom stereocenters. The Balaban J connectivity index is 1.40. The predicted molar refractivity (Wildman–Crippen MR) is 93.9 cm³/mol. The van der Waals surface area contributed by atoms with Gasteiger partial charge in [0.2, 0.25) is 0 Å². The molecule has 7 heteroatoms. The summed E-state index contributed by atoms with van der Waals surface area (Å²) in [5.41, 5.74) is 2.74. The summed E-state index contributed by atoms with van der Waals surface area (Å²) in [5, 5.41) is 7.70. The van der Waals surface area contributed by atoms with Gasteiger partial charge in [0.05, 0.1) is 24.1 Å². The number of rotatable bonds is 5. The summed E-state index contributed by atoms with van der Waals surface area (Å²) in [5.74, 6) is 1.09. The minimum atomic E-state index is -0.203. The number of carbonyl (C=O) groups excluding carboxylic acids is 1. The van der Waals surface area contributed by atoms with Gasteiger partial charge in [0.15, 0.2) is 0 Å². The van der Waals surface area contributed by atoms with Crippen LogP contribution >= 0.6 is 0 Å². The molecule has 0 aliphatic carbocycles. The van der Waals surface area contributed by atoms with Crippen molar-refractivity contribution in [2.24, 2.45) is 5.92 Å². The number of hydrogen-bond acceptors (Lipinski definition) is 5. The van der Waals surface area contributed by atoms with Crippen LogP contribution in [0.3, 0.4) is 0 Å². The number of fused-ring (bicyclic) bond motifs is 1. The number of carbonyl (C=O) groups is 1. The Morgan fingerprint density at radius 2 is 2.19 bits per heavy atom. The van der Waals surface area contributed by atoms with Gasteiger partial charge in [0, 0.05) is 32.5 Å². The van der Waals surface area contributed by atoms with E-state index in [2.05, 4.69) is 11.5 Å². The van der Waals surface area contributed by atoms with E-state index < -0.39 is 0 Å². The van der Waals surface area contributed by atoms with Crippen LogP contribution in [0.5, 0.6) is 0 Å². The summed E-state index contributed by atoms with van der Waals surface area (Å²) < 4.78 is 18.5. The molecule has 2 aliphatic rings. The number of furan rings is 1. The molecule has 0 spiro atoms. The average molecular weight is 359 g/mol. The Morgan fingerprint density at radius 3 is 2.96 bits per heavy atom. The molecular weight excluding hydrogens is 334 g/mol. The Kier molecular flexibility index (Phi) is 5.08. The fourth-order valence-electron chi connectivity index (χ4n) is 3.68. The van der Waals surface area contributed by atoms with E-state index in [4.69, 9.17) is 19.0 Å². The zero-order chi connectivity index (χ0) is 17.9. The monoisotopic (exact) mass is 359 g/mol. The Morgan fingerprint density at radius 1 is 1.35 bits per heavy atom. The summed E-state index contributed by atoms with van der Waals surface area (Å²) in [6, 6.07) is 1.68. The maximum Gasteiger partial charge on any atom is 0.254 e. The van der Waals surface area contributed by atoms with E-state index >= 15 is 0 Å². The van der Waals surface area contributed by atoms with Crippen LogP contribution in [0.4, 0.5) is 0 Å². The highest BCUT2D eigenvalue weighted by Gasteiger charge is 2.26. The smallest absolute Gasteiger partial charge is 0.254 e. The van der Waals surface area contributed by atoms with Crippen LogP contribution < -0.4 is 5.32 Å². The predicted octanol–water partition coefficient (Wildman–Crippen LogP) is 2.25. The van der Waals surface area contributed by atoms with Gasteiger partial charge in [-0.3, -0.25) is 9.48 Å². The van der Waals surface area contributed by atoms with E-state index in [1.807, 2.05) is 4.68 Å². The van der Waals surface area contributed by atoms with E-state index in [-0.39, 0.29) is 12.0 Å². The largest absolute Gasteiger partial charge is 0.469 e. The van der Waals surface area contributed by atoms with Gasteiger partial charge in [0.25, 0.3) is 5.91 Å². The highest BCUT2D eigenvalue weighted by atomic mass is 16.5.